The minimum absolute atomic E-state index is 0.00794. The van der Waals surface area contributed by atoms with Crippen molar-refractivity contribution in [3.8, 4) is 11.5 Å². The van der Waals surface area contributed by atoms with Gasteiger partial charge in [-0.1, -0.05) is 40.2 Å². The van der Waals surface area contributed by atoms with Gasteiger partial charge in [0.05, 0.1) is 13.2 Å². The van der Waals surface area contributed by atoms with Gasteiger partial charge in [0, 0.05) is 0 Å². The lowest BCUT2D eigenvalue weighted by Crippen LogP contribution is -2.37. The van der Waals surface area contributed by atoms with Crippen molar-refractivity contribution in [2.24, 2.45) is 17.6 Å². The van der Waals surface area contributed by atoms with E-state index in [1.807, 2.05) is 27.7 Å². The standard InChI is InChI=1S/C31H47NO11/c1-20(2)13-15-37-29(34)42-26-12-11-23(18-27(26)43-30(35)38-16-14-21(3)4)17-25(32)28(33)40-22(5)19-39-31(36)41-24-9-7-6-8-10-24/h11-12,18,20-22,24-25H,6-10,13-17,19,32H2,1-5H3/t22-,25-/m0/s1. The van der Waals surface area contributed by atoms with Crippen LogP contribution in [0.2, 0.25) is 0 Å². The van der Waals surface area contributed by atoms with Crippen LogP contribution >= 0.6 is 0 Å². The van der Waals surface area contributed by atoms with Gasteiger partial charge >= 0.3 is 24.4 Å². The molecular formula is C31H47NO11. The number of ether oxygens (including phenoxy) is 7. The third-order valence-electron chi connectivity index (χ3n) is 6.55. The smallest absolute Gasteiger partial charge is 0.458 e. The minimum Gasteiger partial charge on any atom is -0.458 e. The van der Waals surface area contributed by atoms with Crippen molar-refractivity contribution >= 4 is 24.4 Å². The van der Waals surface area contributed by atoms with Crippen LogP contribution < -0.4 is 15.2 Å². The lowest BCUT2D eigenvalue weighted by Gasteiger charge is -2.22. The largest absolute Gasteiger partial charge is 0.513 e. The van der Waals surface area contributed by atoms with Gasteiger partial charge in [0.15, 0.2) is 11.5 Å². The van der Waals surface area contributed by atoms with Crippen molar-refractivity contribution in [1.82, 2.24) is 0 Å². The van der Waals surface area contributed by atoms with E-state index in [-0.39, 0.29) is 43.8 Å². The van der Waals surface area contributed by atoms with Gasteiger partial charge < -0.3 is 38.9 Å². The Kier molecular flexibility index (Phi) is 15.7. The molecule has 12 nitrogen and oxygen atoms in total. The van der Waals surface area contributed by atoms with Crippen molar-refractivity contribution in [1.29, 1.82) is 0 Å². The first-order valence-electron chi connectivity index (χ1n) is 15.0. The van der Waals surface area contributed by atoms with Gasteiger partial charge in [-0.3, -0.25) is 4.79 Å². The molecule has 2 atom stereocenters. The van der Waals surface area contributed by atoms with E-state index >= 15 is 0 Å². The van der Waals surface area contributed by atoms with Gasteiger partial charge in [-0.15, -0.1) is 0 Å². The Morgan fingerprint density at radius 1 is 0.791 bits per heavy atom. The number of carbonyl (C=O) groups is 4. The van der Waals surface area contributed by atoms with E-state index in [4.69, 9.17) is 38.9 Å². The molecule has 0 heterocycles. The van der Waals surface area contributed by atoms with E-state index in [0.29, 0.717) is 30.2 Å². The van der Waals surface area contributed by atoms with Crippen LogP contribution in [0.25, 0.3) is 0 Å². The van der Waals surface area contributed by atoms with Gasteiger partial charge in [-0.2, -0.15) is 0 Å². The molecule has 0 amide bonds. The molecule has 1 aromatic carbocycles. The molecule has 2 N–H and O–H groups in total. The average Bonchev–Trinajstić information content (AvgIpc) is 2.93. The Bertz CT molecular complexity index is 1040. The number of nitrogens with two attached hydrogens (primary N) is 1. The van der Waals surface area contributed by atoms with E-state index in [0.717, 1.165) is 32.1 Å². The summed E-state index contributed by atoms with van der Waals surface area (Å²) in [6, 6.07) is 3.30. The molecule has 12 heteroatoms. The topological polar surface area (TPSA) is 159 Å². The zero-order valence-electron chi connectivity index (χ0n) is 26.0. The van der Waals surface area contributed by atoms with Crippen molar-refractivity contribution in [3.63, 3.8) is 0 Å². The summed E-state index contributed by atoms with van der Waals surface area (Å²) >= 11 is 0. The fraction of sp³-hybridized carbons (Fsp3) is 0.677. The lowest BCUT2D eigenvalue weighted by atomic mass is 9.98. The summed E-state index contributed by atoms with van der Waals surface area (Å²) in [5.74, 6) is -0.239. The van der Waals surface area contributed by atoms with E-state index < -0.39 is 36.6 Å². The quantitative estimate of drug-likeness (QED) is 0.139. The first-order valence-corrected chi connectivity index (χ1v) is 15.0. The number of esters is 1. The molecule has 1 aliphatic carbocycles. The Balaban J connectivity index is 1.95. The zero-order chi connectivity index (χ0) is 31.8. The molecule has 43 heavy (non-hydrogen) atoms. The highest BCUT2D eigenvalue weighted by Crippen LogP contribution is 2.30. The number of benzene rings is 1. The van der Waals surface area contributed by atoms with Gasteiger partial charge in [0.25, 0.3) is 0 Å². The maximum absolute atomic E-state index is 12.6. The summed E-state index contributed by atoms with van der Waals surface area (Å²) in [7, 11) is 0. The molecule has 0 saturated heterocycles. The van der Waals surface area contributed by atoms with Crippen LogP contribution in [0.15, 0.2) is 18.2 Å². The van der Waals surface area contributed by atoms with E-state index in [1.165, 1.54) is 12.1 Å². The van der Waals surface area contributed by atoms with Crippen molar-refractivity contribution in [2.45, 2.75) is 104 Å². The first-order chi connectivity index (χ1) is 20.4. The molecule has 0 spiro atoms. The van der Waals surface area contributed by atoms with Crippen LogP contribution in [-0.2, 0) is 34.9 Å². The molecule has 2 rings (SSSR count). The summed E-state index contributed by atoms with van der Waals surface area (Å²) < 4.78 is 36.5. The highest BCUT2D eigenvalue weighted by atomic mass is 16.7. The van der Waals surface area contributed by atoms with E-state index in [2.05, 4.69) is 0 Å². The second-order valence-electron chi connectivity index (χ2n) is 11.5. The Labute approximate surface area is 253 Å². The highest BCUT2D eigenvalue weighted by molar-refractivity contribution is 5.76. The lowest BCUT2D eigenvalue weighted by molar-refractivity contribution is -0.152. The molecule has 0 unspecified atom stereocenters. The summed E-state index contributed by atoms with van der Waals surface area (Å²) in [5.41, 5.74) is 6.57. The number of rotatable bonds is 15. The van der Waals surface area contributed by atoms with Crippen LogP contribution in [0, 0.1) is 11.8 Å². The van der Waals surface area contributed by atoms with Crippen molar-refractivity contribution in [3.05, 3.63) is 23.8 Å². The predicted octanol–water partition coefficient (Wildman–Crippen LogP) is 6.10. The fourth-order valence-corrected chi connectivity index (χ4v) is 4.03. The summed E-state index contributed by atoms with van der Waals surface area (Å²) in [6.07, 6.45) is 2.48. The molecule has 0 aliphatic heterocycles. The fourth-order valence-electron chi connectivity index (χ4n) is 4.03. The van der Waals surface area contributed by atoms with Crippen LogP contribution in [0.3, 0.4) is 0 Å². The molecule has 242 valence electrons. The molecular weight excluding hydrogens is 562 g/mol. The normalized spacial score (nSPS) is 14.9. The van der Waals surface area contributed by atoms with Gasteiger partial charge in [-0.05, 0) is 81.4 Å². The Hall–Kier alpha value is -3.54. The number of hydrogen-bond acceptors (Lipinski definition) is 12. The SMILES string of the molecule is CC(C)CCOC(=O)Oc1ccc(C[C@H](N)C(=O)O[C@@H](C)COC(=O)OC2CCCCC2)cc1OC(=O)OCCC(C)C. The van der Waals surface area contributed by atoms with Crippen molar-refractivity contribution < 1.29 is 52.3 Å². The molecule has 1 aliphatic rings. The van der Waals surface area contributed by atoms with Gasteiger partial charge in [0.2, 0.25) is 0 Å². The van der Waals surface area contributed by atoms with Crippen LogP contribution in [0.1, 0.15) is 85.1 Å². The molecule has 1 saturated carbocycles. The van der Waals surface area contributed by atoms with Crippen LogP contribution in [-0.4, -0.2) is 62.5 Å². The summed E-state index contributed by atoms with van der Waals surface area (Å²) in [6.45, 7) is 9.68. The summed E-state index contributed by atoms with van der Waals surface area (Å²) in [4.78, 5) is 49.1. The monoisotopic (exact) mass is 609 g/mol. The third kappa shape index (κ3) is 15.0. The van der Waals surface area contributed by atoms with Gasteiger partial charge in [-0.25, -0.2) is 14.4 Å². The molecule has 0 bridgehead atoms. The molecule has 1 aromatic rings. The average molecular weight is 610 g/mol. The van der Waals surface area contributed by atoms with Crippen LogP contribution in [0.5, 0.6) is 11.5 Å². The highest BCUT2D eigenvalue weighted by Gasteiger charge is 2.23. The van der Waals surface area contributed by atoms with Crippen LogP contribution in [0.4, 0.5) is 14.4 Å². The van der Waals surface area contributed by atoms with E-state index in [9.17, 15) is 19.2 Å². The number of carbonyl (C=O) groups excluding carboxylic acids is 4. The second-order valence-corrected chi connectivity index (χ2v) is 11.5. The minimum atomic E-state index is -1.09. The molecule has 0 radical (unpaired) electrons. The Morgan fingerprint density at radius 2 is 1.37 bits per heavy atom. The summed E-state index contributed by atoms with van der Waals surface area (Å²) in [5, 5.41) is 0. The Morgan fingerprint density at radius 3 is 1.95 bits per heavy atom. The van der Waals surface area contributed by atoms with E-state index in [1.54, 1.807) is 13.0 Å². The second kappa shape index (κ2) is 18.9. The first kappa shape index (κ1) is 35.7. The molecule has 0 aromatic heterocycles. The molecule has 1 fully saturated rings. The maximum atomic E-state index is 12.6. The zero-order valence-corrected chi connectivity index (χ0v) is 26.0. The predicted molar refractivity (Wildman–Crippen MR) is 156 cm³/mol. The number of hydrogen-bond donors (Lipinski definition) is 1. The third-order valence-corrected chi connectivity index (χ3v) is 6.55. The van der Waals surface area contributed by atoms with Crippen molar-refractivity contribution in [2.75, 3.05) is 19.8 Å². The van der Waals surface area contributed by atoms with Gasteiger partial charge in [0.1, 0.15) is 24.9 Å². The maximum Gasteiger partial charge on any atom is 0.513 e.